The summed E-state index contributed by atoms with van der Waals surface area (Å²) < 4.78 is 20.5. The standard InChI is InChI=1S/C25H27FN5O2P/c1-24(8-9-24)33-23-28-13-16(14-29-23)22(32)30-20-18(17-5-3-4-6-19(17)26)7-11-27-21(20)31-12-10-25(2,34)15-31/h3-7,11,13-14H,8-10,12,15,34H2,1-2H3,(H,30,32). The highest BCUT2D eigenvalue weighted by molar-refractivity contribution is 7.19. The van der Waals surface area contributed by atoms with Gasteiger partial charge in [0, 0.05) is 48.0 Å². The highest BCUT2D eigenvalue weighted by Gasteiger charge is 2.41. The molecule has 2 fully saturated rings. The van der Waals surface area contributed by atoms with Crippen LogP contribution in [0.25, 0.3) is 11.1 Å². The fourth-order valence-corrected chi connectivity index (χ4v) is 4.40. The smallest absolute Gasteiger partial charge is 0.316 e. The maximum absolute atomic E-state index is 14.7. The Kier molecular flexibility index (Phi) is 5.72. The van der Waals surface area contributed by atoms with Crippen LogP contribution in [0.1, 0.15) is 43.5 Å². The minimum Gasteiger partial charge on any atom is -0.457 e. The number of ether oxygens (including phenoxy) is 1. The number of rotatable bonds is 6. The topological polar surface area (TPSA) is 80.2 Å². The normalized spacial score (nSPS) is 20.8. The highest BCUT2D eigenvalue weighted by Crippen LogP contribution is 2.41. The molecule has 5 rings (SSSR count). The van der Waals surface area contributed by atoms with E-state index < -0.39 is 5.91 Å². The van der Waals surface area contributed by atoms with Crippen molar-refractivity contribution in [3.63, 3.8) is 0 Å². The highest BCUT2D eigenvalue weighted by atomic mass is 31.0. The number of hydrogen-bond donors (Lipinski definition) is 1. The van der Waals surface area contributed by atoms with Crippen LogP contribution in [0.3, 0.4) is 0 Å². The quantitative estimate of drug-likeness (QED) is 0.516. The molecule has 2 atom stereocenters. The molecule has 1 aromatic carbocycles. The second-order valence-electron chi connectivity index (χ2n) is 9.62. The third-order valence-corrected chi connectivity index (χ3v) is 6.79. The van der Waals surface area contributed by atoms with E-state index >= 15 is 0 Å². The largest absolute Gasteiger partial charge is 0.457 e. The van der Waals surface area contributed by atoms with Crippen LogP contribution < -0.4 is 15.0 Å². The van der Waals surface area contributed by atoms with Crippen molar-refractivity contribution in [2.75, 3.05) is 23.3 Å². The van der Waals surface area contributed by atoms with Gasteiger partial charge in [-0.1, -0.05) is 25.1 Å². The van der Waals surface area contributed by atoms with Gasteiger partial charge in [0.1, 0.15) is 11.4 Å². The second kappa shape index (κ2) is 8.58. The molecule has 0 bridgehead atoms. The van der Waals surface area contributed by atoms with Crippen LogP contribution >= 0.6 is 9.24 Å². The Morgan fingerprint density at radius 3 is 2.47 bits per heavy atom. The number of amides is 1. The number of carbonyl (C=O) groups excluding carboxylic acids is 1. The molecule has 1 amide bonds. The summed E-state index contributed by atoms with van der Waals surface area (Å²) in [5.74, 6) is -0.155. The van der Waals surface area contributed by atoms with Gasteiger partial charge in [0.05, 0.1) is 11.3 Å². The maximum atomic E-state index is 14.7. The predicted molar refractivity (Wildman–Crippen MR) is 133 cm³/mol. The van der Waals surface area contributed by atoms with E-state index in [9.17, 15) is 9.18 Å². The summed E-state index contributed by atoms with van der Waals surface area (Å²) in [5, 5.41) is 3.01. The van der Waals surface area contributed by atoms with Crippen LogP contribution in [0.2, 0.25) is 0 Å². The fourth-order valence-electron chi connectivity index (χ4n) is 4.05. The first kappa shape index (κ1) is 22.7. The molecule has 34 heavy (non-hydrogen) atoms. The first-order valence-electron chi connectivity index (χ1n) is 11.3. The number of nitrogens with zero attached hydrogens (tertiary/aromatic N) is 4. The Morgan fingerprint density at radius 1 is 1.09 bits per heavy atom. The Labute approximate surface area is 200 Å². The number of carbonyl (C=O) groups is 1. The fraction of sp³-hybridized carbons (Fsp3) is 0.360. The average Bonchev–Trinajstić information content (AvgIpc) is 3.42. The third-order valence-electron chi connectivity index (χ3n) is 6.32. The molecule has 0 radical (unpaired) electrons. The number of halogens is 1. The van der Waals surface area contributed by atoms with Gasteiger partial charge in [-0.05, 0) is 38.3 Å². The van der Waals surface area contributed by atoms with Crippen molar-refractivity contribution in [2.45, 2.75) is 43.9 Å². The maximum Gasteiger partial charge on any atom is 0.316 e. The van der Waals surface area contributed by atoms with Crippen LogP contribution in [-0.4, -0.2) is 44.7 Å². The van der Waals surface area contributed by atoms with E-state index in [0.717, 1.165) is 32.4 Å². The minimum atomic E-state index is -0.399. The van der Waals surface area contributed by atoms with Crippen LogP contribution in [0.4, 0.5) is 15.9 Å². The zero-order chi connectivity index (χ0) is 23.9. The first-order valence-corrected chi connectivity index (χ1v) is 11.9. The molecule has 176 valence electrons. The third kappa shape index (κ3) is 4.73. The van der Waals surface area contributed by atoms with Crippen molar-refractivity contribution < 1.29 is 13.9 Å². The van der Waals surface area contributed by atoms with Gasteiger partial charge in [0.15, 0.2) is 5.82 Å². The van der Waals surface area contributed by atoms with Gasteiger partial charge < -0.3 is 15.0 Å². The van der Waals surface area contributed by atoms with Gasteiger partial charge in [-0.3, -0.25) is 4.79 Å². The number of pyridine rings is 1. The van der Waals surface area contributed by atoms with E-state index in [2.05, 4.69) is 41.3 Å². The lowest BCUT2D eigenvalue weighted by molar-refractivity contribution is 0.102. The monoisotopic (exact) mass is 479 g/mol. The van der Waals surface area contributed by atoms with Crippen LogP contribution in [0.5, 0.6) is 6.01 Å². The number of nitrogens with one attached hydrogen (secondary N) is 1. The van der Waals surface area contributed by atoms with Crippen LogP contribution in [-0.2, 0) is 0 Å². The van der Waals surface area contributed by atoms with Gasteiger partial charge in [-0.2, -0.15) is 0 Å². The molecule has 1 saturated heterocycles. The average molecular weight is 479 g/mol. The molecule has 1 aliphatic carbocycles. The lowest BCUT2D eigenvalue weighted by atomic mass is 10.0. The second-order valence-corrected chi connectivity index (χ2v) is 11.0. The van der Waals surface area contributed by atoms with Gasteiger partial charge in [-0.15, -0.1) is 9.24 Å². The number of anilines is 2. The Balaban J connectivity index is 1.48. The summed E-state index contributed by atoms with van der Waals surface area (Å²) in [6.45, 7) is 5.70. The van der Waals surface area contributed by atoms with E-state index in [4.69, 9.17) is 4.74 Å². The van der Waals surface area contributed by atoms with Crippen LogP contribution in [0, 0.1) is 5.82 Å². The minimum absolute atomic E-state index is 0.0405. The van der Waals surface area contributed by atoms with E-state index in [1.165, 1.54) is 18.5 Å². The summed E-state index contributed by atoms with van der Waals surface area (Å²) in [6, 6.07) is 8.49. The van der Waals surface area contributed by atoms with Crippen LogP contribution in [0.15, 0.2) is 48.9 Å². The molecule has 2 aliphatic rings. The molecule has 2 unspecified atom stereocenters. The summed E-state index contributed by atoms with van der Waals surface area (Å²) >= 11 is 0. The Hall–Kier alpha value is -3.12. The van der Waals surface area contributed by atoms with Crippen molar-refractivity contribution >= 4 is 26.7 Å². The van der Waals surface area contributed by atoms with E-state index in [1.54, 1.807) is 30.5 Å². The molecule has 1 saturated carbocycles. The molecule has 1 aliphatic heterocycles. The van der Waals surface area contributed by atoms with Crippen molar-refractivity contribution in [3.8, 4) is 17.1 Å². The number of benzene rings is 1. The SMILES string of the molecule is CC1(P)CCN(c2nccc(-c3ccccc3F)c2NC(=O)c2cnc(OC3(C)CC3)nc2)C1. The predicted octanol–water partition coefficient (Wildman–Crippen LogP) is 4.71. The number of hydrogen-bond acceptors (Lipinski definition) is 6. The first-order chi connectivity index (χ1) is 16.2. The molecule has 7 nitrogen and oxygen atoms in total. The summed E-state index contributed by atoms with van der Waals surface area (Å²) in [7, 11) is 2.89. The van der Waals surface area contributed by atoms with Crippen molar-refractivity contribution in [2.24, 2.45) is 0 Å². The molecule has 9 heteroatoms. The number of aromatic nitrogens is 3. The molecular weight excluding hydrogens is 452 g/mol. The van der Waals surface area contributed by atoms with Gasteiger partial charge >= 0.3 is 6.01 Å². The lowest BCUT2D eigenvalue weighted by Crippen LogP contribution is -2.27. The van der Waals surface area contributed by atoms with Crippen molar-refractivity contribution in [1.82, 2.24) is 15.0 Å². The summed E-state index contributed by atoms with van der Waals surface area (Å²) in [4.78, 5) is 28.3. The molecule has 0 spiro atoms. The molecule has 2 aromatic heterocycles. The molecule has 1 N–H and O–H groups in total. The van der Waals surface area contributed by atoms with Gasteiger partial charge in [-0.25, -0.2) is 19.3 Å². The summed E-state index contributed by atoms with van der Waals surface area (Å²) in [6.07, 6.45) is 7.43. The Morgan fingerprint density at radius 2 is 1.82 bits per heavy atom. The van der Waals surface area contributed by atoms with Gasteiger partial charge in [0.25, 0.3) is 5.91 Å². The van der Waals surface area contributed by atoms with E-state index in [0.29, 0.717) is 22.6 Å². The van der Waals surface area contributed by atoms with E-state index in [-0.39, 0.29) is 28.1 Å². The Bertz CT molecular complexity index is 1230. The summed E-state index contributed by atoms with van der Waals surface area (Å²) in [5.41, 5.74) is 1.50. The lowest BCUT2D eigenvalue weighted by Gasteiger charge is -2.24. The van der Waals surface area contributed by atoms with Crippen molar-refractivity contribution in [1.29, 1.82) is 0 Å². The zero-order valence-electron chi connectivity index (χ0n) is 19.2. The zero-order valence-corrected chi connectivity index (χ0v) is 20.4. The molecular formula is C25H27FN5O2P. The van der Waals surface area contributed by atoms with Gasteiger partial charge in [0.2, 0.25) is 0 Å². The molecule has 3 heterocycles. The van der Waals surface area contributed by atoms with E-state index in [1.807, 2.05) is 6.92 Å². The molecule has 3 aromatic rings. The van der Waals surface area contributed by atoms with Crippen molar-refractivity contribution in [3.05, 3.63) is 60.3 Å².